The highest BCUT2D eigenvalue weighted by atomic mass is 79.9. The molecule has 19 heavy (non-hydrogen) atoms. The molecule has 1 N–H and O–H groups in total. The average molecular weight is 389 g/mol. The molecule has 0 atom stereocenters. The SMILES string of the molecule is COc1c(Br)cc(Br)cc1CNc1cccc(F)c1. The maximum absolute atomic E-state index is 13.1. The van der Waals surface area contributed by atoms with Crippen molar-refractivity contribution in [3.63, 3.8) is 0 Å². The average Bonchev–Trinajstić information content (AvgIpc) is 2.36. The minimum Gasteiger partial charge on any atom is -0.495 e. The molecule has 5 heteroatoms. The minimum atomic E-state index is -0.257. The van der Waals surface area contributed by atoms with E-state index in [-0.39, 0.29) is 5.82 Å². The predicted octanol–water partition coefficient (Wildman–Crippen LogP) is 4.97. The Kier molecular flexibility index (Phi) is 4.82. The number of methoxy groups -OCH3 is 1. The lowest BCUT2D eigenvalue weighted by atomic mass is 10.2. The number of rotatable bonds is 4. The summed E-state index contributed by atoms with van der Waals surface area (Å²) in [5.74, 6) is 0.513. The third kappa shape index (κ3) is 3.70. The minimum absolute atomic E-state index is 0.257. The van der Waals surface area contributed by atoms with Gasteiger partial charge in [0.2, 0.25) is 0 Å². The lowest BCUT2D eigenvalue weighted by molar-refractivity contribution is 0.407. The molecule has 2 aromatic rings. The molecule has 2 aromatic carbocycles. The molecule has 0 radical (unpaired) electrons. The normalized spacial score (nSPS) is 10.3. The summed E-state index contributed by atoms with van der Waals surface area (Å²) in [6.07, 6.45) is 0. The summed E-state index contributed by atoms with van der Waals surface area (Å²) < 4.78 is 20.3. The molecule has 0 saturated carbocycles. The largest absolute Gasteiger partial charge is 0.495 e. The highest BCUT2D eigenvalue weighted by Crippen LogP contribution is 2.33. The van der Waals surface area contributed by atoms with Crippen LogP contribution in [0.3, 0.4) is 0 Å². The van der Waals surface area contributed by atoms with Gasteiger partial charge in [-0.05, 0) is 46.3 Å². The van der Waals surface area contributed by atoms with Crippen molar-refractivity contribution in [1.82, 2.24) is 0 Å². The maximum Gasteiger partial charge on any atom is 0.138 e. The zero-order valence-electron chi connectivity index (χ0n) is 10.2. The summed E-state index contributed by atoms with van der Waals surface area (Å²) >= 11 is 6.89. The van der Waals surface area contributed by atoms with Crippen LogP contribution in [-0.2, 0) is 6.54 Å². The van der Waals surface area contributed by atoms with Crippen molar-refractivity contribution in [3.8, 4) is 5.75 Å². The lowest BCUT2D eigenvalue weighted by Gasteiger charge is -2.13. The van der Waals surface area contributed by atoms with Crippen LogP contribution in [0, 0.1) is 5.82 Å². The van der Waals surface area contributed by atoms with Crippen molar-refractivity contribution in [2.45, 2.75) is 6.54 Å². The van der Waals surface area contributed by atoms with Crippen LogP contribution in [-0.4, -0.2) is 7.11 Å². The Hall–Kier alpha value is -1.07. The zero-order valence-corrected chi connectivity index (χ0v) is 13.4. The standard InChI is InChI=1S/C14H12Br2FNO/c1-19-14-9(5-10(15)6-13(14)16)8-18-12-4-2-3-11(17)7-12/h2-7,18H,8H2,1H3. The fraction of sp³-hybridized carbons (Fsp3) is 0.143. The summed E-state index contributed by atoms with van der Waals surface area (Å²) in [6, 6.07) is 10.3. The second-order valence-corrected chi connectivity index (χ2v) is 5.71. The van der Waals surface area contributed by atoms with Gasteiger partial charge in [0.15, 0.2) is 0 Å². The second kappa shape index (κ2) is 6.39. The molecule has 0 aliphatic carbocycles. The first-order valence-electron chi connectivity index (χ1n) is 5.61. The molecule has 0 fully saturated rings. The Morgan fingerprint density at radius 3 is 2.68 bits per heavy atom. The summed E-state index contributed by atoms with van der Waals surface area (Å²) in [6.45, 7) is 0.546. The number of hydrogen-bond donors (Lipinski definition) is 1. The van der Waals surface area contributed by atoms with Gasteiger partial charge in [-0.3, -0.25) is 0 Å². The molecule has 0 spiro atoms. The van der Waals surface area contributed by atoms with E-state index in [9.17, 15) is 4.39 Å². The van der Waals surface area contributed by atoms with Crippen molar-refractivity contribution in [3.05, 3.63) is 56.7 Å². The molecule has 0 saturated heterocycles. The van der Waals surface area contributed by atoms with Gasteiger partial charge in [0, 0.05) is 22.3 Å². The molecule has 0 bridgehead atoms. The molecule has 0 amide bonds. The number of anilines is 1. The Morgan fingerprint density at radius 2 is 2.00 bits per heavy atom. The molecule has 0 aromatic heterocycles. The molecule has 100 valence electrons. The second-order valence-electron chi connectivity index (χ2n) is 3.94. The van der Waals surface area contributed by atoms with Crippen molar-refractivity contribution in [2.75, 3.05) is 12.4 Å². The highest BCUT2D eigenvalue weighted by Gasteiger charge is 2.09. The monoisotopic (exact) mass is 387 g/mol. The molecule has 2 rings (SSSR count). The van der Waals surface area contributed by atoms with Crippen molar-refractivity contribution in [1.29, 1.82) is 0 Å². The van der Waals surface area contributed by atoms with E-state index in [2.05, 4.69) is 37.2 Å². The fourth-order valence-electron chi connectivity index (χ4n) is 1.77. The van der Waals surface area contributed by atoms with E-state index in [0.717, 1.165) is 25.9 Å². The van der Waals surface area contributed by atoms with E-state index in [1.807, 2.05) is 18.2 Å². The third-order valence-corrected chi connectivity index (χ3v) is 3.64. The summed E-state index contributed by atoms with van der Waals surface area (Å²) in [5.41, 5.74) is 1.71. The first-order valence-corrected chi connectivity index (χ1v) is 7.20. The smallest absolute Gasteiger partial charge is 0.138 e. The van der Waals surface area contributed by atoms with E-state index in [4.69, 9.17) is 4.74 Å². The van der Waals surface area contributed by atoms with Crippen LogP contribution in [0.5, 0.6) is 5.75 Å². The van der Waals surface area contributed by atoms with Crippen LogP contribution in [0.2, 0.25) is 0 Å². The molecule has 2 nitrogen and oxygen atoms in total. The summed E-state index contributed by atoms with van der Waals surface area (Å²) in [5, 5.41) is 3.17. The van der Waals surface area contributed by atoms with Gasteiger partial charge in [-0.15, -0.1) is 0 Å². The topological polar surface area (TPSA) is 21.3 Å². The molecular weight excluding hydrogens is 377 g/mol. The van der Waals surface area contributed by atoms with Gasteiger partial charge in [0.05, 0.1) is 11.6 Å². The van der Waals surface area contributed by atoms with Crippen molar-refractivity contribution < 1.29 is 9.13 Å². The van der Waals surface area contributed by atoms with Gasteiger partial charge < -0.3 is 10.1 Å². The molecule has 0 heterocycles. The van der Waals surface area contributed by atoms with Crippen LogP contribution in [0.1, 0.15) is 5.56 Å². The van der Waals surface area contributed by atoms with E-state index in [1.54, 1.807) is 13.2 Å². The number of nitrogens with one attached hydrogen (secondary N) is 1. The zero-order chi connectivity index (χ0) is 13.8. The van der Waals surface area contributed by atoms with Gasteiger partial charge in [-0.2, -0.15) is 0 Å². The number of hydrogen-bond acceptors (Lipinski definition) is 2. The Balaban J connectivity index is 2.19. The molecule has 0 unspecified atom stereocenters. The highest BCUT2D eigenvalue weighted by molar-refractivity contribution is 9.11. The molecule has 0 aliphatic heterocycles. The van der Waals surface area contributed by atoms with Crippen molar-refractivity contribution >= 4 is 37.5 Å². The third-order valence-electron chi connectivity index (χ3n) is 2.60. The van der Waals surface area contributed by atoms with Crippen LogP contribution in [0.15, 0.2) is 45.3 Å². The number of halogens is 3. The van der Waals surface area contributed by atoms with Crippen LogP contribution < -0.4 is 10.1 Å². The Morgan fingerprint density at radius 1 is 1.21 bits per heavy atom. The van der Waals surface area contributed by atoms with Gasteiger partial charge in [-0.25, -0.2) is 4.39 Å². The van der Waals surface area contributed by atoms with E-state index in [1.165, 1.54) is 12.1 Å². The van der Waals surface area contributed by atoms with E-state index in [0.29, 0.717) is 6.54 Å². The summed E-state index contributed by atoms with van der Waals surface area (Å²) in [7, 11) is 1.62. The number of benzene rings is 2. The maximum atomic E-state index is 13.1. The Labute approximate surface area is 128 Å². The van der Waals surface area contributed by atoms with Crippen molar-refractivity contribution in [2.24, 2.45) is 0 Å². The molecular formula is C14H12Br2FNO. The quantitative estimate of drug-likeness (QED) is 0.798. The summed E-state index contributed by atoms with van der Waals surface area (Å²) in [4.78, 5) is 0. The van der Waals surface area contributed by atoms with Crippen LogP contribution in [0.25, 0.3) is 0 Å². The molecule has 0 aliphatic rings. The van der Waals surface area contributed by atoms with Gasteiger partial charge >= 0.3 is 0 Å². The first kappa shape index (κ1) is 14.3. The van der Waals surface area contributed by atoms with Gasteiger partial charge in [0.1, 0.15) is 11.6 Å². The van der Waals surface area contributed by atoms with E-state index >= 15 is 0 Å². The van der Waals surface area contributed by atoms with Crippen LogP contribution in [0.4, 0.5) is 10.1 Å². The fourth-order valence-corrected chi connectivity index (χ4v) is 3.24. The predicted molar refractivity (Wildman–Crippen MR) is 82.1 cm³/mol. The number of ether oxygens (including phenoxy) is 1. The van der Waals surface area contributed by atoms with E-state index < -0.39 is 0 Å². The Bertz CT molecular complexity index is 590. The van der Waals surface area contributed by atoms with Crippen LogP contribution >= 0.6 is 31.9 Å². The van der Waals surface area contributed by atoms with Gasteiger partial charge in [-0.1, -0.05) is 22.0 Å². The van der Waals surface area contributed by atoms with Gasteiger partial charge in [0.25, 0.3) is 0 Å². The lowest BCUT2D eigenvalue weighted by Crippen LogP contribution is -2.02. The first-order chi connectivity index (χ1) is 9.10.